The van der Waals surface area contributed by atoms with E-state index in [1.807, 2.05) is 65.6 Å². The van der Waals surface area contributed by atoms with E-state index in [0.717, 1.165) is 11.1 Å². The van der Waals surface area contributed by atoms with Gasteiger partial charge in [-0.3, -0.25) is 9.59 Å². The molecule has 0 aliphatic carbocycles. The highest BCUT2D eigenvalue weighted by molar-refractivity contribution is 8.00. The number of carbonyl (C=O) groups is 2. The second kappa shape index (κ2) is 9.05. The van der Waals surface area contributed by atoms with Crippen LogP contribution in [0.1, 0.15) is 26.9 Å². The Morgan fingerprint density at radius 3 is 2.57 bits per heavy atom. The van der Waals surface area contributed by atoms with Crippen LogP contribution in [0, 0.1) is 0 Å². The zero-order valence-electron chi connectivity index (χ0n) is 16.6. The molecular weight excluding hydrogens is 396 g/mol. The highest BCUT2D eigenvalue weighted by Crippen LogP contribution is 2.39. The van der Waals surface area contributed by atoms with Crippen molar-refractivity contribution >= 4 is 29.3 Å². The van der Waals surface area contributed by atoms with Crippen molar-refractivity contribution in [3.8, 4) is 5.75 Å². The van der Waals surface area contributed by atoms with Gasteiger partial charge in [0.2, 0.25) is 5.91 Å². The second-order valence-corrected chi connectivity index (χ2v) is 8.05. The molecule has 0 unspecified atom stereocenters. The second-order valence-electron chi connectivity index (χ2n) is 6.98. The fourth-order valence-corrected chi connectivity index (χ4v) is 4.57. The van der Waals surface area contributed by atoms with Crippen molar-refractivity contribution in [3.63, 3.8) is 0 Å². The van der Waals surface area contributed by atoms with E-state index in [-0.39, 0.29) is 17.2 Å². The molecule has 30 heavy (non-hydrogen) atoms. The Kier molecular flexibility index (Phi) is 6.05. The number of amides is 2. The van der Waals surface area contributed by atoms with E-state index < -0.39 is 0 Å². The third-order valence-corrected chi connectivity index (χ3v) is 6.21. The molecule has 1 aliphatic rings. The van der Waals surface area contributed by atoms with Crippen molar-refractivity contribution < 1.29 is 14.3 Å². The van der Waals surface area contributed by atoms with Crippen LogP contribution in [-0.2, 0) is 11.3 Å². The third-order valence-electron chi connectivity index (χ3n) is 4.95. The van der Waals surface area contributed by atoms with Gasteiger partial charge in [-0.1, -0.05) is 48.5 Å². The average Bonchev–Trinajstić information content (AvgIpc) is 3.14. The van der Waals surface area contributed by atoms with Gasteiger partial charge >= 0.3 is 0 Å². The van der Waals surface area contributed by atoms with E-state index in [2.05, 4.69) is 5.32 Å². The van der Waals surface area contributed by atoms with Crippen LogP contribution >= 0.6 is 11.8 Å². The maximum atomic E-state index is 12.6. The smallest absolute Gasteiger partial charge is 0.255 e. The Hall–Kier alpha value is -3.25. The number of nitrogens with one attached hydrogen (secondary N) is 1. The minimum atomic E-state index is -0.189. The molecule has 6 heteroatoms. The Balaban J connectivity index is 1.46. The number of nitrogens with zero attached hydrogens (tertiary/aromatic N) is 1. The molecule has 0 spiro atoms. The summed E-state index contributed by atoms with van der Waals surface area (Å²) < 4.78 is 5.19. The van der Waals surface area contributed by atoms with Crippen LogP contribution in [-0.4, -0.2) is 29.6 Å². The molecule has 152 valence electrons. The molecule has 2 amide bonds. The van der Waals surface area contributed by atoms with Crippen LogP contribution in [0.25, 0.3) is 0 Å². The minimum Gasteiger partial charge on any atom is -0.497 e. The van der Waals surface area contributed by atoms with Crippen molar-refractivity contribution in [2.45, 2.75) is 11.9 Å². The molecule has 0 radical (unpaired) electrons. The Labute approximate surface area is 180 Å². The van der Waals surface area contributed by atoms with E-state index in [4.69, 9.17) is 4.74 Å². The first-order chi connectivity index (χ1) is 14.6. The lowest BCUT2D eigenvalue weighted by Crippen LogP contribution is -2.27. The monoisotopic (exact) mass is 418 g/mol. The number of hydrogen-bond acceptors (Lipinski definition) is 4. The first kappa shape index (κ1) is 20.0. The zero-order valence-corrected chi connectivity index (χ0v) is 17.4. The van der Waals surface area contributed by atoms with Gasteiger partial charge in [-0.2, -0.15) is 0 Å². The number of hydrogen-bond donors (Lipinski definition) is 1. The number of carbonyl (C=O) groups excluding carboxylic acids is 2. The van der Waals surface area contributed by atoms with Crippen molar-refractivity contribution in [3.05, 3.63) is 95.6 Å². The molecule has 1 heterocycles. The van der Waals surface area contributed by atoms with Gasteiger partial charge in [0.1, 0.15) is 11.1 Å². The molecule has 1 N–H and O–H groups in total. The first-order valence-corrected chi connectivity index (χ1v) is 10.7. The zero-order chi connectivity index (χ0) is 20.9. The SMILES string of the molecule is COc1cccc(NC(=O)c2ccc([C@H]3SCC(=O)N3Cc3ccccc3)cc2)c1. The molecule has 3 aromatic rings. The predicted octanol–water partition coefficient (Wildman–Crippen LogP) is 4.72. The summed E-state index contributed by atoms with van der Waals surface area (Å²) in [7, 11) is 1.59. The summed E-state index contributed by atoms with van der Waals surface area (Å²) in [6, 6.07) is 24.7. The van der Waals surface area contributed by atoms with Crippen LogP contribution in [0.3, 0.4) is 0 Å². The molecule has 1 aliphatic heterocycles. The summed E-state index contributed by atoms with van der Waals surface area (Å²) >= 11 is 1.61. The van der Waals surface area contributed by atoms with E-state index in [1.165, 1.54) is 0 Å². The maximum absolute atomic E-state index is 12.6. The summed E-state index contributed by atoms with van der Waals surface area (Å²) in [6.07, 6.45) is 0. The summed E-state index contributed by atoms with van der Waals surface area (Å²) in [5, 5.41) is 2.83. The quantitative estimate of drug-likeness (QED) is 0.629. The van der Waals surface area contributed by atoms with Crippen molar-refractivity contribution in [2.75, 3.05) is 18.2 Å². The van der Waals surface area contributed by atoms with Crippen LogP contribution in [0.5, 0.6) is 5.75 Å². The molecule has 1 atom stereocenters. The summed E-state index contributed by atoms with van der Waals surface area (Å²) in [5.41, 5.74) is 3.35. The molecule has 0 aromatic heterocycles. The van der Waals surface area contributed by atoms with Crippen LogP contribution in [0.4, 0.5) is 5.69 Å². The van der Waals surface area contributed by atoms with Gasteiger partial charge in [-0.05, 0) is 35.4 Å². The Morgan fingerprint density at radius 1 is 1.07 bits per heavy atom. The molecule has 5 nitrogen and oxygen atoms in total. The van der Waals surface area contributed by atoms with Crippen LogP contribution in [0.2, 0.25) is 0 Å². The lowest BCUT2D eigenvalue weighted by atomic mass is 10.1. The Morgan fingerprint density at radius 2 is 1.83 bits per heavy atom. The predicted molar refractivity (Wildman–Crippen MR) is 120 cm³/mol. The maximum Gasteiger partial charge on any atom is 0.255 e. The lowest BCUT2D eigenvalue weighted by molar-refractivity contribution is -0.128. The first-order valence-electron chi connectivity index (χ1n) is 9.64. The summed E-state index contributed by atoms with van der Waals surface area (Å²) in [4.78, 5) is 26.9. The molecule has 1 saturated heterocycles. The van der Waals surface area contributed by atoms with Crippen LogP contribution in [0.15, 0.2) is 78.9 Å². The molecule has 1 fully saturated rings. The van der Waals surface area contributed by atoms with Gasteiger partial charge in [-0.15, -0.1) is 11.8 Å². The fraction of sp³-hybridized carbons (Fsp3) is 0.167. The van der Waals surface area contributed by atoms with Gasteiger partial charge in [0.15, 0.2) is 0 Å². The number of benzene rings is 3. The number of methoxy groups -OCH3 is 1. The number of anilines is 1. The minimum absolute atomic E-state index is 0.0480. The highest BCUT2D eigenvalue weighted by Gasteiger charge is 2.32. The third kappa shape index (κ3) is 4.49. The normalized spacial score (nSPS) is 15.8. The molecule has 4 rings (SSSR count). The fourth-order valence-electron chi connectivity index (χ4n) is 3.38. The topological polar surface area (TPSA) is 58.6 Å². The van der Waals surface area contributed by atoms with E-state index >= 15 is 0 Å². The number of ether oxygens (including phenoxy) is 1. The lowest BCUT2D eigenvalue weighted by Gasteiger charge is -2.24. The van der Waals surface area contributed by atoms with Gasteiger partial charge in [0.25, 0.3) is 5.91 Å². The largest absolute Gasteiger partial charge is 0.497 e. The highest BCUT2D eigenvalue weighted by atomic mass is 32.2. The van der Waals surface area contributed by atoms with Gasteiger partial charge in [0, 0.05) is 23.9 Å². The van der Waals surface area contributed by atoms with Crippen molar-refractivity contribution in [2.24, 2.45) is 0 Å². The van der Waals surface area contributed by atoms with E-state index in [9.17, 15) is 9.59 Å². The number of rotatable bonds is 6. The van der Waals surface area contributed by atoms with Gasteiger partial charge < -0.3 is 15.0 Å². The molecular formula is C24H22N2O3S. The van der Waals surface area contributed by atoms with Crippen molar-refractivity contribution in [1.82, 2.24) is 4.90 Å². The van der Waals surface area contributed by atoms with Gasteiger partial charge in [-0.25, -0.2) is 0 Å². The summed E-state index contributed by atoms with van der Waals surface area (Å²) in [6.45, 7) is 0.579. The van der Waals surface area contributed by atoms with Gasteiger partial charge in [0.05, 0.1) is 12.9 Å². The average molecular weight is 419 g/mol. The number of thioether (sulfide) groups is 1. The van der Waals surface area contributed by atoms with Crippen molar-refractivity contribution in [1.29, 1.82) is 0 Å². The van der Waals surface area contributed by atoms with Crippen LogP contribution < -0.4 is 10.1 Å². The molecule has 0 bridgehead atoms. The molecule has 3 aromatic carbocycles. The standard InChI is InChI=1S/C24H22N2O3S/c1-29-21-9-5-8-20(14-21)25-23(28)18-10-12-19(13-11-18)24-26(22(27)16-30-24)15-17-6-3-2-4-7-17/h2-14,24H,15-16H2,1H3,(H,25,28)/t24-/m1/s1. The Bertz CT molecular complexity index is 1040. The van der Waals surface area contributed by atoms with E-state index in [0.29, 0.717) is 29.3 Å². The summed E-state index contributed by atoms with van der Waals surface area (Å²) in [5.74, 6) is 1.10. The molecule has 0 saturated carbocycles. The van der Waals surface area contributed by atoms with E-state index in [1.54, 1.807) is 37.1 Å².